The van der Waals surface area contributed by atoms with Crippen molar-refractivity contribution in [2.75, 3.05) is 6.61 Å². The van der Waals surface area contributed by atoms with Crippen molar-refractivity contribution in [1.82, 2.24) is 0 Å². The molecular weight excluding hydrogens is 140 g/mol. The number of hydrogen-bond acceptors (Lipinski definition) is 2. The smallest absolute Gasteiger partial charge is 0.160 e. The predicted octanol–water partition coefficient (Wildman–Crippen LogP) is 1.98. The lowest BCUT2D eigenvalue weighted by atomic mass is 10.3. The fourth-order valence-corrected chi connectivity index (χ4v) is 0.741. The lowest BCUT2D eigenvalue weighted by Crippen LogP contribution is -1.94. The van der Waals surface area contributed by atoms with Gasteiger partial charge in [-0.2, -0.15) is 0 Å². The quantitative estimate of drug-likeness (QED) is 0.715. The molecule has 0 spiro atoms. The second-order valence-electron chi connectivity index (χ2n) is 2.24. The molecule has 0 bridgehead atoms. The van der Waals surface area contributed by atoms with E-state index in [1.807, 2.05) is 6.92 Å². The summed E-state index contributed by atoms with van der Waals surface area (Å²) >= 11 is 0. The van der Waals surface area contributed by atoms with Crippen LogP contribution in [-0.2, 0) is 0 Å². The molecule has 0 fully saturated rings. The van der Waals surface area contributed by atoms with E-state index in [1.165, 1.54) is 6.07 Å². The molecule has 0 amide bonds. The van der Waals surface area contributed by atoms with Gasteiger partial charge in [-0.05, 0) is 24.6 Å². The molecule has 0 aliphatic rings. The standard InChI is InChI=1S/C9H11O2/c1-2-7-11-9-6-4-3-5-8(9)10/h4-6,10H,2,7H2,1H3. The van der Waals surface area contributed by atoms with E-state index in [0.717, 1.165) is 6.42 Å². The third kappa shape index (κ3) is 2.15. The fraction of sp³-hybridized carbons (Fsp3) is 0.333. The van der Waals surface area contributed by atoms with Crippen molar-refractivity contribution >= 4 is 0 Å². The third-order valence-corrected chi connectivity index (χ3v) is 1.27. The van der Waals surface area contributed by atoms with Gasteiger partial charge in [-0.3, -0.25) is 0 Å². The van der Waals surface area contributed by atoms with Gasteiger partial charge in [0.05, 0.1) is 6.61 Å². The van der Waals surface area contributed by atoms with Crippen LogP contribution in [0.2, 0.25) is 0 Å². The zero-order chi connectivity index (χ0) is 8.10. The van der Waals surface area contributed by atoms with Crippen molar-refractivity contribution in [3.63, 3.8) is 0 Å². The highest BCUT2D eigenvalue weighted by Gasteiger charge is 1.97. The van der Waals surface area contributed by atoms with Crippen LogP contribution in [0, 0.1) is 6.07 Å². The van der Waals surface area contributed by atoms with Crippen LogP contribution in [0.15, 0.2) is 18.2 Å². The highest BCUT2D eigenvalue weighted by atomic mass is 16.5. The minimum absolute atomic E-state index is 0.154. The van der Waals surface area contributed by atoms with Gasteiger partial charge in [-0.25, -0.2) is 0 Å². The maximum absolute atomic E-state index is 9.18. The Balaban J connectivity index is 2.62. The highest BCUT2D eigenvalue weighted by molar-refractivity contribution is 5.37. The molecule has 11 heavy (non-hydrogen) atoms. The summed E-state index contributed by atoms with van der Waals surface area (Å²) in [4.78, 5) is 0. The van der Waals surface area contributed by atoms with Crippen molar-refractivity contribution in [2.24, 2.45) is 0 Å². The van der Waals surface area contributed by atoms with E-state index in [4.69, 9.17) is 4.74 Å². The van der Waals surface area contributed by atoms with E-state index >= 15 is 0 Å². The van der Waals surface area contributed by atoms with Gasteiger partial charge in [0.1, 0.15) is 0 Å². The molecule has 0 atom stereocenters. The Morgan fingerprint density at radius 2 is 2.45 bits per heavy atom. The normalized spacial score (nSPS) is 9.55. The molecule has 2 nitrogen and oxygen atoms in total. The van der Waals surface area contributed by atoms with E-state index in [-0.39, 0.29) is 5.75 Å². The molecular formula is C9H11O2. The lowest BCUT2D eigenvalue weighted by Gasteiger charge is -2.04. The first kappa shape index (κ1) is 7.92. The highest BCUT2D eigenvalue weighted by Crippen LogP contribution is 2.23. The SMILES string of the molecule is CCCOc1cc[c]cc1O. The molecule has 1 N–H and O–H groups in total. The molecule has 0 saturated heterocycles. The zero-order valence-corrected chi connectivity index (χ0v) is 6.50. The summed E-state index contributed by atoms with van der Waals surface area (Å²) in [5, 5.41) is 9.18. The number of rotatable bonds is 3. The van der Waals surface area contributed by atoms with Crippen LogP contribution in [0.1, 0.15) is 13.3 Å². The lowest BCUT2D eigenvalue weighted by molar-refractivity contribution is 0.299. The molecule has 1 aromatic rings. The number of phenolic OH excluding ortho intramolecular Hbond substituents is 1. The Morgan fingerprint density at radius 1 is 1.64 bits per heavy atom. The van der Waals surface area contributed by atoms with Gasteiger partial charge >= 0.3 is 0 Å². The van der Waals surface area contributed by atoms with Crippen LogP contribution in [0.3, 0.4) is 0 Å². The van der Waals surface area contributed by atoms with Gasteiger partial charge in [0, 0.05) is 0 Å². The molecule has 0 saturated carbocycles. The number of phenols is 1. The van der Waals surface area contributed by atoms with Crippen molar-refractivity contribution in [3.05, 3.63) is 24.3 Å². The van der Waals surface area contributed by atoms with Gasteiger partial charge in [-0.1, -0.05) is 13.0 Å². The summed E-state index contributed by atoms with van der Waals surface area (Å²) in [5.74, 6) is 0.687. The van der Waals surface area contributed by atoms with Gasteiger partial charge in [0.2, 0.25) is 0 Å². The summed E-state index contributed by atoms with van der Waals surface area (Å²) < 4.78 is 5.22. The summed E-state index contributed by atoms with van der Waals surface area (Å²) in [6.45, 7) is 2.66. The summed E-state index contributed by atoms with van der Waals surface area (Å²) in [7, 11) is 0. The molecule has 0 unspecified atom stereocenters. The van der Waals surface area contributed by atoms with Crippen molar-refractivity contribution in [3.8, 4) is 11.5 Å². The van der Waals surface area contributed by atoms with Crippen LogP contribution in [0.25, 0.3) is 0 Å². The number of aromatic hydroxyl groups is 1. The first-order chi connectivity index (χ1) is 5.34. The maximum atomic E-state index is 9.18. The molecule has 0 aliphatic heterocycles. The molecule has 0 heterocycles. The zero-order valence-electron chi connectivity index (χ0n) is 6.50. The van der Waals surface area contributed by atoms with Crippen LogP contribution >= 0.6 is 0 Å². The monoisotopic (exact) mass is 151 g/mol. The number of hydrogen-bond donors (Lipinski definition) is 1. The molecule has 0 aliphatic carbocycles. The van der Waals surface area contributed by atoms with Gasteiger partial charge < -0.3 is 9.84 Å². The van der Waals surface area contributed by atoms with Crippen LogP contribution < -0.4 is 4.74 Å². The van der Waals surface area contributed by atoms with Gasteiger partial charge in [0.15, 0.2) is 11.5 Å². The molecule has 1 radical (unpaired) electrons. The predicted molar refractivity (Wildman–Crippen MR) is 42.7 cm³/mol. The Bertz CT molecular complexity index is 221. The second-order valence-corrected chi connectivity index (χ2v) is 2.24. The maximum Gasteiger partial charge on any atom is 0.160 e. The minimum atomic E-state index is 0.154. The molecule has 59 valence electrons. The van der Waals surface area contributed by atoms with Gasteiger partial charge in [0.25, 0.3) is 0 Å². The first-order valence-corrected chi connectivity index (χ1v) is 3.66. The summed E-state index contributed by atoms with van der Waals surface area (Å²) in [6.07, 6.45) is 0.943. The van der Waals surface area contributed by atoms with Crippen molar-refractivity contribution in [2.45, 2.75) is 13.3 Å². The average Bonchev–Trinajstić information content (AvgIpc) is 2.03. The molecule has 1 aromatic carbocycles. The van der Waals surface area contributed by atoms with E-state index in [1.54, 1.807) is 12.1 Å². The first-order valence-electron chi connectivity index (χ1n) is 3.66. The summed E-state index contributed by atoms with van der Waals surface area (Å²) in [6, 6.07) is 7.65. The van der Waals surface area contributed by atoms with E-state index in [0.29, 0.717) is 12.4 Å². The Morgan fingerprint density at radius 3 is 3.09 bits per heavy atom. The Labute approximate surface area is 66.4 Å². The topological polar surface area (TPSA) is 29.5 Å². The van der Waals surface area contributed by atoms with E-state index in [9.17, 15) is 5.11 Å². The average molecular weight is 151 g/mol. The van der Waals surface area contributed by atoms with Crippen molar-refractivity contribution in [1.29, 1.82) is 0 Å². The largest absolute Gasteiger partial charge is 0.504 e. The summed E-state index contributed by atoms with van der Waals surface area (Å²) in [5.41, 5.74) is 0. The molecule has 0 aromatic heterocycles. The van der Waals surface area contributed by atoms with Crippen LogP contribution in [0.5, 0.6) is 11.5 Å². The van der Waals surface area contributed by atoms with Gasteiger partial charge in [-0.15, -0.1) is 0 Å². The fourth-order valence-electron chi connectivity index (χ4n) is 0.741. The molecule has 2 heteroatoms. The number of benzene rings is 1. The van der Waals surface area contributed by atoms with E-state index in [2.05, 4.69) is 6.07 Å². The van der Waals surface area contributed by atoms with E-state index < -0.39 is 0 Å². The van der Waals surface area contributed by atoms with Crippen LogP contribution in [0.4, 0.5) is 0 Å². The second kappa shape index (κ2) is 3.86. The molecule has 1 rings (SSSR count). The van der Waals surface area contributed by atoms with Crippen LogP contribution in [-0.4, -0.2) is 11.7 Å². The Hall–Kier alpha value is -1.18. The number of ether oxygens (including phenoxy) is 1. The third-order valence-electron chi connectivity index (χ3n) is 1.27. The minimum Gasteiger partial charge on any atom is -0.504 e. The Kier molecular flexibility index (Phi) is 2.78. The van der Waals surface area contributed by atoms with Crippen molar-refractivity contribution < 1.29 is 9.84 Å².